The third-order valence-corrected chi connectivity index (χ3v) is 5.64. The SMILES string of the molecule is CC(=O)Nc1cn2nc(-c3cnc4c(c3)N(C(=O)OC3CCCCC3)CCO4)ccc2n1. The van der Waals surface area contributed by atoms with Crippen molar-refractivity contribution in [1.82, 2.24) is 19.6 Å². The fourth-order valence-electron chi connectivity index (χ4n) is 4.09. The maximum absolute atomic E-state index is 12.9. The maximum atomic E-state index is 12.9. The van der Waals surface area contributed by atoms with Gasteiger partial charge < -0.3 is 14.8 Å². The Morgan fingerprint density at radius 2 is 2.06 bits per heavy atom. The zero-order valence-corrected chi connectivity index (χ0v) is 17.8. The van der Waals surface area contributed by atoms with Crippen molar-refractivity contribution in [2.24, 2.45) is 0 Å². The number of pyridine rings is 1. The van der Waals surface area contributed by atoms with Gasteiger partial charge in [-0.25, -0.2) is 19.3 Å². The van der Waals surface area contributed by atoms with Gasteiger partial charge in [-0.3, -0.25) is 9.69 Å². The molecule has 0 unspecified atom stereocenters. The van der Waals surface area contributed by atoms with Gasteiger partial charge in [0.15, 0.2) is 11.5 Å². The van der Waals surface area contributed by atoms with Crippen molar-refractivity contribution >= 4 is 29.2 Å². The Balaban J connectivity index is 1.42. The molecule has 0 saturated heterocycles. The Hall–Kier alpha value is -3.69. The third-order valence-electron chi connectivity index (χ3n) is 5.64. The molecule has 2 amide bonds. The first kappa shape index (κ1) is 20.2. The van der Waals surface area contributed by atoms with Gasteiger partial charge in [0.25, 0.3) is 0 Å². The predicted molar refractivity (Wildman–Crippen MR) is 117 cm³/mol. The number of nitrogens with zero attached hydrogens (tertiary/aromatic N) is 5. The van der Waals surface area contributed by atoms with Crippen LogP contribution in [-0.2, 0) is 9.53 Å². The molecule has 32 heavy (non-hydrogen) atoms. The molecule has 0 radical (unpaired) electrons. The predicted octanol–water partition coefficient (Wildman–Crippen LogP) is 3.42. The van der Waals surface area contributed by atoms with Crippen LogP contribution >= 0.6 is 0 Å². The summed E-state index contributed by atoms with van der Waals surface area (Å²) in [5.74, 6) is 0.626. The lowest BCUT2D eigenvalue weighted by Gasteiger charge is -2.30. The molecule has 5 rings (SSSR count). The minimum atomic E-state index is -0.363. The summed E-state index contributed by atoms with van der Waals surface area (Å²) in [5.41, 5.74) is 2.54. The quantitative estimate of drug-likeness (QED) is 0.670. The van der Waals surface area contributed by atoms with Gasteiger partial charge in [0.2, 0.25) is 11.8 Å². The van der Waals surface area contributed by atoms with E-state index in [9.17, 15) is 9.59 Å². The van der Waals surface area contributed by atoms with Gasteiger partial charge in [-0.2, -0.15) is 5.10 Å². The van der Waals surface area contributed by atoms with Crippen molar-refractivity contribution in [2.45, 2.75) is 45.1 Å². The molecule has 3 aromatic rings. The number of nitrogens with one attached hydrogen (secondary N) is 1. The van der Waals surface area contributed by atoms with Crippen LogP contribution in [-0.4, -0.2) is 50.8 Å². The second-order valence-corrected chi connectivity index (χ2v) is 8.02. The zero-order chi connectivity index (χ0) is 22.1. The molecule has 166 valence electrons. The largest absolute Gasteiger partial charge is 0.474 e. The van der Waals surface area contributed by atoms with E-state index in [0.717, 1.165) is 31.2 Å². The van der Waals surface area contributed by atoms with Crippen LogP contribution in [0.15, 0.2) is 30.6 Å². The summed E-state index contributed by atoms with van der Waals surface area (Å²) in [6, 6.07) is 5.46. The van der Waals surface area contributed by atoms with Gasteiger partial charge >= 0.3 is 6.09 Å². The van der Waals surface area contributed by atoms with E-state index in [2.05, 4.69) is 20.4 Å². The highest BCUT2D eigenvalue weighted by Gasteiger charge is 2.29. The van der Waals surface area contributed by atoms with Gasteiger partial charge in [0.1, 0.15) is 18.4 Å². The number of fused-ring (bicyclic) bond motifs is 2. The highest BCUT2D eigenvalue weighted by molar-refractivity contribution is 5.91. The molecule has 0 bridgehead atoms. The fourth-order valence-corrected chi connectivity index (χ4v) is 4.09. The lowest BCUT2D eigenvalue weighted by molar-refractivity contribution is -0.114. The summed E-state index contributed by atoms with van der Waals surface area (Å²) in [6.45, 7) is 2.19. The molecule has 1 aliphatic heterocycles. The fraction of sp³-hybridized carbons (Fsp3) is 0.409. The summed E-state index contributed by atoms with van der Waals surface area (Å²) in [7, 11) is 0. The molecule has 0 aromatic carbocycles. The first-order valence-corrected chi connectivity index (χ1v) is 10.8. The van der Waals surface area contributed by atoms with Gasteiger partial charge in [0, 0.05) is 18.7 Å². The van der Waals surface area contributed by atoms with E-state index in [0.29, 0.717) is 41.9 Å². The molecule has 1 saturated carbocycles. The molecule has 0 spiro atoms. The Morgan fingerprint density at radius 1 is 1.22 bits per heavy atom. The number of imidazole rings is 1. The van der Waals surface area contributed by atoms with E-state index < -0.39 is 0 Å². The van der Waals surface area contributed by atoms with Gasteiger partial charge in [-0.05, 0) is 43.9 Å². The number of hydrogen-bond donors (Lipinski definition) is 1. The molecule has 0 atom stereocenters. The lowest BCUT2D eigenvalue weighted by Crippen LogP contribution is -2.40. The second-order valence-electron chi connectivity index (χ2n) is 8.02. The van der Waals surface area contributed by atoms with Crippen molar-refractivity contribution in [3.63, 3.8) is 0 Å². The van der Waals surface area contributed by atoms with Crippen molar-refractivity contribution < 1.29 is 19.1 Å². The lowest BCUT2D eigenvalue weighted by atomic mass is 9.98. The Labute approximate surface area is 184 Å². The van der Waals surface area contributed by atoms with Crippen molar-refractivity contribution in [3.05, 3.63) is 30.6 Å². The average molecular weight is 436 g/mol. The number of anilines is 2. The van der Waals surface area contributed by atoms with Gasteiger partial charge in [0.05, 0.1) is 18.4 Å². The smallest absolute Gasteiger partial charge is 0.414 e. The summed E-state index contributed by atoms with van der Waals surface area (Å²) in [6.07, 6.45) is 8.12. The van der Waals surface area contributed by atoms with E-state index in [1.54, 1.807) is 27.9 Å². The van der Waals surface area contributed by atoms with Crippen molar-refractivity contribution in [2.75, 3.05) is 23.4 Å². The van der Waals surface area contributed by atoms with E-state index >= 15 is 0 Å². The number of carbonyl (C=O) groups is 2. The van der Waals surface area contributed by atoms with Gasteiger partial charge in [-0.15, -0.1) is 0 Å². The van der Waals surface area contributed by atoms with E-state index in [4.69, 9.17) is 9.47 Å². The number of hydrogen-bond acceptors (Lipinski definition) is 7. The van der Waals surface area contributed by atoms with Gasteiger partial charge in [-0.1, -0.05) is 6.42 Å². The van der Waals surface area contributed by atoms with Crippen molar-refractivity contribution in [1.29, 1.82) is 0 Å². The highest BCUT2D eigenvalue weighted by atomic mass is 16.6. The summed E-state index contributed by atoms with van der Waals surface area (Å²) >= 11 is 0. The monoisotopic (exact) mass is 436 g/mol. The molecule has 3 aromatic heterocycles. The minimum absolute atomic E-state index is 0.0261. The number of rotatable bonds is 3. The molecule has 1 fully saturated rings. The first-order chi connectivity index (χ1) is 15.6. The molecule has 10 heteroatoms. The van der Waals surface area contributed by atoms with Crippen LogP contribution in [0.3, 0.4) is 0 Å². The van der Waals surface area contributed by atoms with Crippen LogP contribution in [0.5, 0.6) is 5.88 Å². The Morgan fingerprint density at radius 3 is 2.88 bits per heavy atom. The molecule has 1 N–H and O–H groups in total. The summed E-state index contributed by atoms with van der Waals surface area (Å²) in [5, 5.41) is 7.22. The molecule has 2 aliphatic rings. The summed E-state index contributed by atoms with van der Waals surface area (Å²) < 4.78 is 13.0. The Bertz CT molecular complexity index is 1170. The van der Waals surface area contributed by atoms with Crippen LogP contribution < -0.4 is 15.0 Å². The van der Waals surface area contributed by atoms with Crippen LogP contribution in [0.4, 0.5) is 16.3 Å². The highest BCUT2D eigenvalue weighted by Crippen LogP contribution is 2.34. The van der Waals surface area contributed by atoms with Crippen LogP contribution in [0.2, 0.25) is 0 Å². The molecular weight excluding hydrogens is 412 g/mol. The molecule has 1 aliphatic carbocycles. The molecule has 4 heterocycles. The molecular formula is C22H24N6O4. The second kappa shape index (κ2) is 8.45. The average Bonchev–Trinajstić information content (AvgIpc) is 3.19. The number of ether oxygens (including phenoxy) is 2. The number of aromatic nitrogens is 4. The van der Waals surface area contributed by atoms with E-state index in [1.807, 2.05) is 12.1 Å². The minimum Gasteiger partial charge on any atom is -0.474 e. The first-order valence-electron chi connectivity index (χ1n) is 10.8. The standard InChI is InChI=1S/C22H24N6O4/c1-14(29)24-19-13-28-20(25-19)8-7-17(26-28)15-11-18-21(23-12-15)31-10-9-27(18)22(30)32-16-5-3-2-4-6-16/h7-8,11-13,16H,2-6,9-10H2,1H3,(H,24,29). The van der Waals surface area contributed by atoms with Crippen LogP contribution in [0, 0.1) is 0 Å². The third kappa shape index (κ3) is 4.08. The van der Waals surface area contributed by atoms with Crippen molar-refractivity contribution in [3.8, 4) is 17.1 Å². The number of amides is 2. The molecule has 10 nitrogen and oxygen atoms in total. The zero-order valence-electron chi connectivity index (χ0n) is 17.8. The normalized spacial score (nSPS) is 16.3. The maximum Gasteiger partial charge on any atom is 0.414 e. The topological polar surface area (TPSA) is 111 Å². The number of carbonyl (C=O) groups excluding carboxylic acids is 2. The van der Waals surface area contributed by atoms with E-state index in [1.165, 1.54) is 13.3 Å². The Kier molecular flexibility index (Phi) is 5.34. The van der Waals surface area contributed by atoms with Crippen LogP contribution in [0.25, 0.3) is 16.9 Å². The summed E-state index contributed by atoms with van der Waals surface area (Å²) in [4.78, 5) is 34.5. The van der Waals surface area contributed by atoms with Crippen LogP contribution in [0.1, 0.15) is 39.0 Å². The van der Waals surface area contributed by atoms with E-state index in [-0.39, 0.29) is 18.1 Å².